The molecule has 0 aromatic heterocycles. The molecular formula is C22H27FN2O3. The van der Waals surface area contributed by atoms with Gasteiger partial charge < -0.3 is 15.0 Å². The van der Waals surface area contributed by atoms with E-state index >= 15 is 0 Å². The molecule has 0 aliphatic heterocycles. The first-order valence-electron chi connectivity index (χ1n) is 9.30. The number of hydrogen-bond acceptors (Lipinski definition) is 3. The van der Waals surface area contributed by atoms with Gasteiger partial charge in [-0.05, 0) is 63.1 Å². The molecular weight excluding hydrogens is 359 g/mol. The van der Waals surface area contributed by atoms with Gasteiger partial charge in [0.1, 0.15) is 17.6 Å². The standard InChI is InChI=1S/C22H27FN2O3/c1-15(2)24-22(27)17(4)25(13-18-8-6-5-7-16(18)3)21(26)14-28-20-11-9-19(23)10-12-20/h5-12,15,17H,13-14H2,1-4H3,(H,24,27)/t17-/m1/s1. The second-order valence-corrected chi connectivity index (χ2v) is 7.03. The van der Waals surface area contributed by atoms with E-state index in [-0.39, 0.29) is 30.3 Å². The maximum Gasteiger partial charge on any atom is 0.261 e. The van der Waals surface area contributed by atoms with Gasteiger partial charge in [0.25, 0.3) is 5.91 Å². The molecule has 0 saturated heterocycles. The molecule has 1 N–H and O–H groups in total. The average Bonchev–Trinajstić information content (AvgIpc) is 2.65. The number of halogens is 1. The van der Waals surface area contributed by atoms with E-state index < -0.39 is 6.04 Å². The van der Waals surface area contributed by atoms with Crippen LogP contribution in [-0.2, 0) is 16.1 Å². The molecule has 0 spiro atoms. The van der Waals surface area contributed by atoms with Gasteiger partial charge in [0, 0.05) is 12.6 Å². The Kier molecular flexibility index (Phi) is 7.55. The molecule has 2 amide bonds. The van der Waals surface area contributed by atoms with Crippen LogP contribution in [0.15, 0.2) is 48.5 Å². The Morgan fingerprint density at radius 2 is 1.71 bits per heavy atom. The number of amides is 2. The van der Waals surface area contributed by atoms with E-state index in [1.807, 2.05) is 45.0 Å². The maximum absolute atomic E-state index is 13.0. The van der Waals surface area contributed by atoms with Crippen molar-refractivity contribution in [1.29, 1.82) is 0 Å². The molecule has 1 atom stereocenters. The second kappa shape index (κ2) is 9.88. The molecule has 0 bridgehead atoms. The number of aryl methyl sites for hydroxylation is 1. The predicted octanol–water partition coefficient (Wildman–Crippen LogP) is 3.45. The lowest BCUT2D eigenvalue weighted by molar-refractivity contribution is -0.142. The number of ether oxygens (including phenoxy) is 1. The third-order valence-electron chi connectivity index (χ3n) is 4.38. The van der Waals surface area contributed by atoms with Crippen LogP contribution in [-0.4, -0.2) is 35.4 Å². The van der Waals surface area contributed by atoms with Gasteiger partial charge in [-0.2, -0.15) is 0 Å². The molecule has 0 unspecified atom stereocenters. The predicted molar refractivity (Wildman–Crippen MR) is 106 cm³/mol. The minimum Gasteiger partial charge on any atom is -0.484 e. The van der Waals surface area contributed by atoms with E-state index in [2.05, 4.69) is 5.32 Å². The van der Waals surface area contributed by atoms with Crippen molar-refractivity contribution in [2.75, 3.05) is 6.61 Å². The van der Waals surface area contributed by atoms with Crippen molar-refractivity contribution in [2.24, 2.45) is 0 Å². The van der Waals surface area contributed by atoms with Gasteiger partial charge in [0.05, 0.1) is 0 Å². The van der Waals surface area contributed by atoms with Gasteiger partial charge in [-0.3, -0.25) is 9.59 Å². The lowest BCUT2D eigenvalue weighted by Crippen LogP contribution is -2.50. The van der Waals surface area contributed by atoms with Crippen LogP contribution in [0.3, 0.4) is 0 Å². The number of hydrogen-bond donors (Lipinski definition) is 1. The third-order valence-corrected chi connectivity index (χ3v) is 4.38. The summed E-state index contributed by atoms with van der Waals surface area (Å²) in [7, 11) is 0. The van der Waals surface area contributed by atoms with Crippen LogP contribution in [0.4, 0.5) is 4.39 Å². The van der Waals surface area contributed by atoms with Crippen LogP contribution in [0, 0.1) is 12.7 Å². The summed E-state index contributed by atoms with van der Waals surface area (Å²) in [6, 6.07) is 12.5. The Morgan fingerprint density at radius 3 is 2.32 bits per heavy atom. The molecule has 0 aliphatic rings. The normalized spacial score (nSPS) is 11.8. The quantitative estimate of drug-likeness (QED) is 0.756. The van der Waals surface area contributed by atoms with Crippen LogP contribution >= 0.6 is 0 Å². The summed E-state index contributed by atoms with van der Waals surface area (Å²) >= 11 is 0. The summed E-state index contributed by atoms with van der Waals surface area (Å²) < 4.78 is 18.5. The molecule has 2 aromatic rings. The summed E-state index contributed by atoms with van der Waals surface area (Å²) in [6.07, 6.45) is 0. The fourth-order valence-corrected chi connectivity index (χ4v) is 2.72. The van der Waals surface area contributed by atoms with Gasteiger partial charge in [0.2, 0.25) is 5.91 Å². The number of carbonyl (C=O) groups is 2. The van der Waals surface area contributed by atoms with Gasteiger partial charge in [-0.15, -0.1) is 0 Å². The highest BCUT2D eigenvalue weighted by Gasteiger charge is 2.27. The summed E-state index contributed by atoms with van der Waals surface area (Å²) in [6.45, 7) is 7.46. The van der Waals surface area contributed by atoms with E-state index in [1.54, 1.807) is 6.92 Å². The van der Waals surface area contributed by atoms with Crippen molar-refractivity contribution in [3.63, 3.8) is 0 Å². The molecule has 0 aliphatic carbocycles. The molecule has 150 valence electrons. The van der Waals surface area contributed by atoms with E-state index in [0.717, 1.165) is 11.1 Å². The van der Waals surface area contributed by atoms with Crippen molar-refractivity contribution in [3.05, 3.63) is 65.5 Å². The van der Waals surface area contributed by atoms with E-state index in [0.29, 0.717) is 12.3 Å². The zero-order valence-corrected chi connectivity index (χ0v) is 16.7. The second-order valence-electron chi connectivity index (χ2n) is 7.03. The van der Waals surface area contributed by atoms with E-state index in [1.165, 1.54) is 29.2 Å². The average molecular weight is 386 g/mol. The molecule has 0 fully saturated rings. The van der Waals surface area contributed by atoms with Crippen LogP contribution in [0.1, 0.15) is 31.9 Å². The zero-order chi connectivity index (χ0) is 20.7. The molecule has 28 heavy (non-hydrogen) atoms. The van der Waals surface area contributed by atoms with Crippen molar-refractivity contribution in [1.82, 2.24) is 10.2 Å². The minimum absolute atomic E-state index is 0.0270. The molecule has 6 heteroatoms. The number of benzene rings is 2. The molecule has 2 aromatic carbocycles. The Labute approximate surface area is 165 Å². The lowest BCUT2D eigenvalue weighted by atomic mass is 10.1. The Hall–Kier alpha value is -2.89. The first-order chi connectivity index (χ1) is 13.3. The van der Waals surface area contributed by atoms with Crippen LogP contribution in [0.5, 0.6) is 5.75 Å². The fourth-order valence-electron chi connectivity index (χ4n) is 2.72. The van der Waals surface area contributed by atoms with Gasteiger partial charge in [0.15, 0.2) is 6.61 Å². The molecule has 0 radical (unpaired) electrons. The maximum atomic E-state index is 13.0. The van der Waals surface area contributed by atoms with Gasteiger partial charge in [-0.25, -0.2) is 4.39 Å². The summed E-state index contributed by atoms with van der Waals surface area (Å²) in [5.74, 6) is -0.526. The van der Waals surface area contributed by atoms with E-state index in [9.17, 15) is 14.0 Å². The number of nitrogens with zero attached hydrogens (tertiary/aromatic N) is 1. The summed E-state index contributed by atoms with van der Waals surface area (Å²) in [4.78, 5) is 26.9. The Morgan fingerprint density at radius 1 is 1.07 bits per heavy atom. The van der Waals surface area contributed by atoms with Crippen LogP contribution in [0.2, 0.25) is 0 Å². The highest BCUT2D eigenvalue weighted by atomic mass is 19.1. The SMILES string of the molecule is Cc1ccccc1CN(C(=O)COc1ccc(F)cc1)[C@H](C)C(=O)NC(C)C. The van der Waals surface area contributed by atoms with Crippen molar-refractivity contribution < 1.29 is 18.7 Å². The van der Waals surface area contributed by atoms with Crippen molar-refractivity contribution >= 4 is 11.8 Å². The fraction of sp³-hybridized carbons (Fsp3) is 0.364. The summed E-state index contributed by atoms with van der Waals surface area (Å²) in [5, 5.41) is 2.84. The third kappa shape index (κ3) is 6.08. The molecule has 2 rings (SSSR count). The number of carbonyl (C=O) groups excluding carboxylic acids is 2. The van der Waals surface area contributed by atoms with Crippen LogP contribution < -0.4 is 10.1 Å². The smallest absolute Gasteiger partial charge is 0.261 e. The highest BCUT2D eigenvalue weighted by Crippen LogP contribution is 2.15. The Balaban J connectivity index is 2.15. The summed E-state index contributed by atoms with van der Waals surface area (Å²) in [5.41, 5.74) is 2.00. The molecule has 5 nitrogen and oxygen atoms in total. The first kappa shape index (κ1) is 21.4. The molecule has 0 saturated carbocycles. The minimum atomic E-state index is -0.661. The van der Waals surface area contributed by atoms with E-state index in [4.69, 9.17) is 4.74 Å². The van der Waals surface area contributed by atoms with Gasteiger partial charge in [-0.1, -0.05) is 24.3 Å². The lowest BCUT2D eigenvalue weighted by Gasteiger charge is -2.29. The first-order valence-corrected chi connectivity index (χ1v) is 9.30. The topological polar surface area (TPSA) is 58.6 Å². The van der Waals surface area contributed by atoms with Gasteiger partial charge >= 0.3 is 0 Å². The van der Waals surface area contributed by atoms with Crippen molar-refractivity contribution in [2.45, 2.75) is 46.3 Å². The monoisotopic (exact) mass is 386 g/mol. The number of nitrogens with one attached hydrogen (secondary N) is 1. The number of rotatable bonds is 8. The van der Waals surface area contributed by atoms with Crippen LogP contribution in [0.25, 0.3) is 0 Å². The highest BCUT2D eigenvalue weighted by molar-refractivity contribution is 5.88. The zero-order valence-electron chi connectivity index (χ0n) is 16.7. The Bertz CT molecular complexity index is 806. The largest absolute Gasteiger partial charge is 0.484 e. The molecule has 0 heterocycles. The van der Waals surface area contributed by atoms with Crippen molar-refractivity contribution in [3.8, 4) is 5.75 Å².